The lowest BCUT2D eigenvalue weighted by Gasteiger charge is -2.01. The highest BCUT2D eigenvalue weighted by Gasteiger charge is 1.98. The number of hydrogen-bond donors (Lipinski definition) is 3. The Balaban J connectivity index is 0.00000121. The number of halogens is 1. The molecule has 0 aromatic heterocycles. The summed E-state index contributed by atoms with van der Waals surface area (Å²) in [5.74, 6) is -0.150. The minimum Gasteiger partial charge on any atom is -0.504 e. The molecule has 0 aliphatic carbocycles. The third kappa shape index (κ3) is 2.71. The van der Waals surface area contributed by atoms with E-state index in [9.17, 15) is 0 Å². The van der Waals surface area contributed by atoms with Crippen LogP contribution in [0.5, 0.6) is 11.5 Å². The normalized spacial score (nSPS) is 9.08. The summed E-state index contributed by atoms with van der Waals surface area (Å²) in [7, 11) is 1.82. The molecule has 0 amide bonds. The lowest BCUT2D eigenvalue weighted by molar-refractivity contribution is 0.403. The van der Waals surface area contributed by atoms with Crippen LogP contribution in [0.25, 0.3) is 0 Å². The van der Waals surface area contributed by atoms with Crippen molar-refractivity contribution in [3.63, 3.8) is 0 Å². The first-order chi connectivity index (χ1) is 5.24. The zero-order chi connectivity index (χ0) is 8.27. The maximum absolute atomic E-state index is 9.05. The highest BCUT2D eigenvalue weighted by atomic mass is 79.9. The molecule has 0 saturated carbocycles. The fourth-order valence-corrected chi connectivity index (χ4v) is 0.883. The number of phenols is 2. The van der Waals surface area contributed by atoms with E-state index in [4.69, 9.17) is 10.2 Å². The van der Waals surface area contributed by atoms with Gasteiger partial charge in [-0.05, 0) is 24.7 Å². The Morgan fingerprint density at radius 1 is 1.25 bits per heavy atom. The van der Waals surface area contributed by atoms with Crippen LogP contribution in [0.2, 0.25) is 0 Å². The van der Waals surface area contributed by atoms with Gasteiger partial charge in [-0.3, -0.25) is 0 Å². The molecule has 0 aliphatic heterocycles. The van der Waals surface area contributed by atoms with Gasteiger partial charge in [0.15, 0.2) is 11.5 Å². The molecule has 12 heavy (non-hydrogen) atoms. The number of benzene rings is 1. The second-order valence-electron chi connectivity index (χ2n) is 2.35. The van der Waals surface area contributed by atoms with E-state index in [1.807, 2.05) is 7.05 Å². The van der Waals surface area contributed by atoms with E-state index in [-0.39, 0.29) is 28.5 Å². The van der Waals surface area contributed by atoms with Gasteiger partial charge in [-0.2, -0.15) is 0 Å². The van der Waals surface area contributed by atoms with E-state index in [1.165, 1.54) is 12.1 Å². The van der Waals surface area contributed by atoms with Crippen molar-refractivity contribution in [3.8, 4) is 11.5 Å². The van der Waals surface area contributed by atoms with E-state index >= 15 is 0 Å². The molecule has 3 N–H and O–H groups in total. The standard InChI is InChI=1S/C8H11NO2.BrH/c1-9-5-6-2-3-7(10)8(11)4-6;/h2-4,9-11H,5H2,1H3;1H. The summed E-state index contributed by atoms with van der Waals surface area (Å²) in [4.78, 5) is 0. The molecule has 0 aliphatic rings. The first-order valence-corrected chi connectivity index (χ1v) is 3.39. The molecule has 4 heteroatoms. The van der Waals surface area contributed by atoms with Gasteiger partial charge in [0.1, 0.15) is 0 Å². The van der Waals surface area contributed by atoms with Crippen LogP contribution < -0.4 is 5.32 Å². The summed E-state index contributed by atoms with van der Waals surface area (Å²) in [6.07, 6.45) is 0. The number of aromatic hydroxyl groups is 2. The second-order valence-corrected chi connectivity index (χ2v) is 2.35. The first-order valence-electron chi connectivity index (χ1n) is 3.39. The second kappa shape index (κ2) is 5.00. The minimum atomic E-state index is -0.0788. The van der Waals surface area contributed by atoms with Gasteiger partial charge in [0, 0.05) is 6.54 Å². The Morgan fingerprint density at radius 3 is 2.42 bits per heavy atom. The Morgan fingerprint density at radius 2 is 1.92 bits per heavy atom. The first kappa shape index (κ1) is 11.3. The van der Waals surface area contributed by atoms with Gasteiger partial charge >= 0.3 is 0 Å². The van der Waals surface area contributed by atoms with Crippen LogP contribution in [-0.2, 0) is 6.54 Å². The Bertz CT molecular complexity index is 253. The van der Waals surface area contributed by atoms with Gasteiger partial charge in [-0.1, -0.05) is 6.07 Å². The van der Waals surface area contributed by atoms with Crippen molar-refractivity contribution in [2.45, 2.75) is 6.54 Å². The zero-order valence-electron chi connectivity index (χ0n) is 6.74. The van der Waals surface area contributed by atoms with Crippen molar-refractivity contribution in [1.29, 1.82) is 0 Å². The summed E-state index contributed by atoms with van der Waals surface area (Å²) in [5, 5.41) is 20.9. The minimum absolute atomic E-state index is 0. The van der Waals surface area contributed by atoms with Crippen molar-refractivity contribution < 1.29 is 10.2 Å². The molecule has 0 radical (unpaired) electrons. The van der Waals surface area contributed by atoms with E-state index in [1.54, 1.807) is 6.07 Å². The molecule has 68 valence electrons. The molecule has 1 rings (SSSR count). The molecule has 0 saturated heterocycles. The van der Waals surface area contributed by atoms with Crippen LogP contribution in [-0.4, -0.2) is 17.3 Å². The highest BCUT2D eigenvalue weighted by Crippen LogP contribution is 2.24. The van der Waals surface area contributed by atoms with Crippen molar-refractivity contribution in [3.05, 3.63) is 23.8 Å². The van der Waals surface area contributed by atoms with Gasteiger partial charge in [0.2, 0.25) is 0 Å². The molecule has 0 atom stereocenters. The van der Waals surface area contributed by atoms with Crippen LogP contribution in [0.1, 0.15) is 5.56 Å². The SMILES string of the molecule is Br.CNCc1ccc(O)c(O)c1. The van der Waals surface area contributed by atoms with Crippen LogP contribution >= 0.6 is 17.0 Å². The molecule has 0 spiro atoms. The fourth-order valence-electron chi connectivity index (χ4n) is 0.883. The maximum Gasteiger partial charge on any atom is 0.157 e. The average Bonchev–Trinajstić information content (AvgIpc) is 1.98. The predicted molar refractivity (Wildman–Crippen MR) is 52.9 cm³/mol. The predicted octanol–water partition coefficient (Wildman–Crippen LogP) is 1.40. The van der Waals surface area contributed by atoms with Crippen molar-refractivity contribution in [2.75, 3.05) is 7.05 Å². The van der Waals surface area contributed by atoms with Gasteiger partial charge < -0.3 is 15.5 Å². The quantitative estimate of drug-likeness (QED) is 0.678. The monoisotopic (exact) mass is 233 g/mol. The molecule has 0 unspecified atom stereocenters. The van der Waals surface area contributed by atoms with E-state index < -0.39 is 0 Å². The van der Waals surface area contributed by atoms with Crippen molar-refractivity contribution >= 4 is 17.0 Å². The van der Waals surface area contributed by atoms with Gasteiger partial charge in [-0.15, -0.1) is 17.0 Å². The molecule has 0 fully saturated rings. The summed E-state index contributed by atoms with van der Waals surface area (Å²) >= 11 is 0. The fraction of sp³-hybridized carbons (Fsp3) is 0.250. The molecule has 3 nitrogen and oxygen atoms in total. The highest BCUT2D eigenvalue weighted by molar-refractivity contribution is 8.93. The van der Waals surface area contributed by atoms with Crippen LogP contribution in [0.15, 0.2) is 18.2 Å². The van der Waals surface area contributed by atoms with Gasteiger partial charge in [-0.25, -0.2) is 0 Å². The molecule has 0 bridgehead atoms. The van der Waals surface area contributed by atoms with Gasteiger partial charge in [0.05, 0.1) is 0 Å². The third-order valence-corrected chi connectivity index (χ3v) is 1.42. The van der Waals surface area contributed by atoms with E-state index in [0.717, 1.165) is 5.56 Å². The van der Waals surface area contributed by atoms with Crippen LogP contribution in [0, 0.1) is 0 Å². The number of hydrogen-bond acceptors (Lipinski definition) is 3. The topological polar surface area (TPSA) is 52.5 Å². The number of rotatable bonds is 2. The summed E-state index contributed by atoms with van der Waals surface area (Å²) in [6.45, 7) is 0.688. The Labute approximate surface area is 81.8 Å². The molecule has 1 aromatic rings. The summed E-state index contributed by atoms with van der Waals surface area (Å²) in [6, 6.07) is 4.76. The Hall–Kier alpha value is -0.740. The maximum atomic E-state index is 9.05. The van der Waals surface area contributed by atoms with Gasteiger partial charge in [0.25, 0.3) is 0 Å². The third-order valence-electron chi connectivity index (χ3n) is 1.42. The molecule has 0 heterocycles. The Kier molecular flexibility index (Phi) is 4.70. The van der Waals surface area contributed by atoms with Crippen molar-refractivity contribution in [1.82, 2.24) is 5.32 Å². The van der Waals surface area contributed by atoms with Crippen LogP contribution in [0.4, 0.5) is 0 Å². The van der Waals surface area contributed by atoms with E-state index in [2.05, 4.69) is 5.32 Å². The molecular formula is C8H12BrNO2. The van der Waals surface area contributed by atoms with E-state index in [0.29, 0.717) is 6.54 Å². The number of nitrogens with one attached hydrogen (secondary N) is 1. The molecular weight excluding hydrogens is 222 g/mol. The van der Waals surface area contributed by atoms with Crippen LogP contribution in [0.3, 0.4) is 0 Å². The largest absolute Gasteiger partial charge is 0.504 e. The zero-order valence-corrected chi connectivity index (χ0v) is 8.45. The van der Waals surface area contributed by atoms with Crippen molar-refractivity contribution in [2.24, 2.45) is 0 Å². The lowest BCUT2D eigenvalue weighted by atomic mass is 10.2. The number of phenolic OH excluding ortho intramolecular Hbond substituents is 2. The summed E-state index contributed by atoms with van der Waals surface area (Å²) < 4.78 is 0. The average molecular weight is 234 g/mol. The smallest absolute Gasteiger partial charge is 0.157 e. The molecule has 1 aromatic carbocycles. The summed E-state index contributed by atoms with van der Waals surface area (Å²) in [5.41, 5.74) is 0.947. The lowest BCUT2D eigenvalue weighted by Crippen LogP contribution is -2.04.